The van der Waals surface area contributed by atoms with Crippen LogP contribution >= 0.6 is 0 Å². The van der Waals surface area contributed by atoms with Gasteiger partial charge in [0.1, 0.15) is 5.41 Å². The second-order valence-electron chi connectivity index (χ2n) is 8.38. The molecule has 1 aromatic carbocycles. The Hall–Kier alpha value is -2.12. The van der Waals surface area contributed by atoms with E-state index >= 15 is 0 Å². The van der Waals surface area contributed by atoms with Crippen molar-refractivity contribution in [2.24, 2.45) is 11.3 Å². The summed E-state index contributed by atoms with van der Waals surface area (Å²) in [6.45, 7) is 6.14. The van der Waals surface area contributed by atoms with Crippen molar-refractivity contribution >= 4 is 17.6 Å². The number of piperazine rings is 1. The van der Waals surface area contributed by atoms with Gasteiger partial charge in [0.25, 0.3) is 5.91 Å². The summed E-state index contributed by atoms with van der Waals surface area (Å²) >= 11 is 0. The Labute approximate surface area is 160 Å². The first-order chi connectivity index (χ1) is 12.9. The largest absolute Gasteiger partial charge is 0.481 e. The summed E-state index contributed by atoms with van der Waals surface area (Å²) in [5.41, 5.74) is 0.966. The van der Waals surface area contributed by atoms with Crippen LogP contribution in [0.3, 0.4) is 0 Å². The fourth-order valence-corrected chi connectivity index (χ4v) is 4.84. The Balaban J connectivity index is 1.45. The van der Waals surface area contributed by atoms with E-state index in [1.54, 1.807) is 4.90 Å². The molecule has 0 saturated carbocycles. The molecular weight excluding hydrogens is 344 g/mol. The minimum absolute atomic E-state index is 0.00793. The molecule has 3 saturated heterocycles. The molecule has 3 fully saturated rings. The highest BCUT2D eigenvalue weighted by Crippen LogP contribution is 2.42. The van der Waals surface area contributed by atoms with E-state index in [9.17, 15) is 14.7 Å². The van der Waals surface area contributed by atoms with Crippen molar-refractivity contribution in [3.8, 4) is 0 Å². The number of carbonyl (C=O) groups is 2. The van der Waals surface area contributed by atoms with Gasteiger partial charge in [-0.3, -0.25) is 9.59 Å². The van der Waals surface area contributed by atoms with E-state index in [1.807, 2.05) is 31.3 Å². The van der Waals surface area contributed by atoms with Crippen LogP contribution in [-0.4, -0.2) is 98.1 Å². The monoisotopic (exact) mass is 372 g/mol. The van der Waals surface area contributed by atoms with Crippen molar-refractivity contribution in [1.29, 1.82) is 0 Å². The predicted molar refractivity (Wildman–Crippen MR) is 103 cm³/mol. The quantitative estimate of drug-likeness (QED) is 0.835. The molecule has 1 amide bonds. The van der Waals surface area contributed by atoms with Crippen LogP contribution in [0.1, 0.15) is 10.4 Å². The topological polar surface area (TPSA) is 67.3 Å². The van der Waals surface area contributed by atoms with Gasteiger partial charge in [0.05, 0.1) is 0 Å². The SMILES string of the molecule is CN1CCN(c2ccc(C(=O)N3C[C@@H]4CN(C)C[C@]4(C(=O)O)C3)cc2)CC1. The minimum atomic E-state index is -0.815. The number of hydrogen-bond acceptors (Lipinski definition) is 5. The van der Waals surface area contributed by atoms with Crippen molar-refractivity contribution in [2.75, 3.05) is 71.4 Å². The zero-order chi connectivity index (χ0) is 19.2. The van der Waals surface area contributed by atoms with E-state index in [4.69, 9.17) is 0 Å². The van der Waals surface area contributed by atoms with E-state index in [1.165, 1.54) is 0 Å². The van der Waals surface area contributed by atoms with Gasteiger partial charge in [0.2, 0.25) is 0 Å². The Bertz CT molecular complexity index is 729. The molecule has 2 atom stereocenters. The van der Waals surface area contributed by atoms with Crippen LogP contribution in [0.2, 0.25) is 0 Å². The predicted octanol–water partition coefficient (Wildman–Crippen LogP) is 0.527. The Kier molecular flexibility index (Phi) is 4.60. The highest BCUT2D eigenvalue weighted by atomic mass is 16.4. The Morgan fingerprint density at radius 2 is 1.63 bits per heavy atom. The molecule has 7 nitrogen and oxygen atoms in total. The molecule has 0 bridgehead atoms. The smallest absolute Gasteiger partial charge is 0.313 e. The fourth-order valence-electron chi connectivity index (χ4n) is 4.84. The molecule has 1 aromatic rings. The van der Waals surface area contributed by atoms with Gasteiger partial charge in [-0.25, -0.2) is 0 Å². The maximum Gasteiger partial charge on any atom is 0.313 e. The van der Waals surface area contributed by atoms with E-state index in [2.05, 4.69) is 21.7 Å². The van der Waals surface area contributed by atoms with Crippen LogP contribution in [0, 0.1) is 11.3 Å². The first kappa shape index (κ1) is 18.3. The number of fused-ring (bicyclic) bond motifs is 1. The van der Waals surface area contributed by atoms with Crippen LogP contribution in [-0.2, 0) is 4.79 Å². The number of carboxylic acid groups (broad SMARTS) is 1. The van der Waals surface area contributed by atoms with Crippen molar-refractivity contribution < 1.29 is 14.7 Å². The zero-order valence-electron chi connectivity index (χ0n) is 16.1. The van der Waals surface area contributed by atoms with Gasteiger partial charge in [-0.05, 0) is 38.4 Å². The Morgan fingerprint density at radius 1 is 0.963 bits per heavy atom. The molecule has 1 N–H and O–H groups in total. The van der Waals surface area contributed by atoms with Crippen LogP contribution < -0.4 is 4.90 Å². The maximum absolute atomic E-state index is 13.0. The molecular formula is C20H28N4O3. The van der Waals surface area contributed by atoms with Crippen LogP contribution in [0.15, 0.2) is 24.3 Å². The normalized spacial score (nSPS) is 29.2. The molecule has 146 valence electrons. The van der Waals surface area contributed by atoms with Crippen molar-refractivity contribution in [3.05, 3.63) is 29.8 Å². The molecule has 0 unspecified atom stereocenters. The third-order valence-electron chi connectivity index (χ3n) is 6.48. The number of nitrogens with zero attached hydrogens (tertiary/aromatic N) is 4. The summed E-state index contributed by atoms with van der Waals surface area (Å²) < 4.78 is 0. The summed E-state index contributed by atoms with van der Waals surface area (Å²) in [6, 6.07) is 7.78. The number of aliphatic carboxylic acids is 1. The van der Waals surface area contributed by atoms with Gasteiger partial charge in [-0.2, -0.15) is 0 Å². The number of carbonyl (C=O) groups excluding carboxylic acids is 1. The van der Waals surface area contributed by atoms with E-state index in [0.717, 1.165) is 38.4 Å². The molecule has 3 aliphatic rings. The number of hydrogen-bond donors (Lipinski definition) is 1. The lowest BCUT2D eigenvalue weighted by molar-refractivity contribution is -0.148. The van der Waals surface area contributed by atoms with E-state index in [0.29, 0.717) is 25.2 Å². The van der Waals surface area contributed by atoms with Crippen LogP contribution in [0.25, 0.3) is 0 Å². The van der Waals surface area contributed by atoms with Gasteiger partial charge in [0, 0.05) is 69.5 Å². The van der Waals surface area contributed by atoms with Gasteiger partial charge in [-0.1, -0.05) is 0 Å². The molecule has 7 heteroatoms. The van der Waals surface area contributed by atoms with Crippen LogP contribution in [0.5, 0.6) is 0 Å². The fraction of sp³-hybridized carbons (Fsp3) is 0.600. The molecule has 0 aliphatic carbocycles. The second-order valence-corrected chi connectivity index (χ2v) is 8.38. The molecule has 0 spiro atoms. The summed E-state index contributed by atoms with van der Waals surface area (Å²) in [4.78, 5) is 33.3. The number of likely N-dealkylation sites (N-methyl/N-ethyl adjacent to an activating group) is 1. The molecule has 0 aromatic heterocycles. The standard InChI is InChI=1S/C20H28N4O3/c1-21-7-9-23(10-8-21)17-5-3-15(4-6-17)18(25)24-12-16-11-22(2)13-20(16,14-24)19(26)27/h3-6,16H,7-14H2,1-2H3,(H,26,27)/t16-,20-/m0/s1. The minimum Gasteiger partial charge on any atom is -0.481 e. The lowest BCUT2D eigenvalue weighted by Gasteiger charge is -2.34. The number of benzene rings is 1. The van der Waals surface area contributed by atoms with E-state index < -0.39 is 11.4 Å². The first-order valence-corrected chi connectivity index (χ1v) is 9.64. The van der Waals surface area contributed by atoms with Crippen molar-refractivity contribution in [1.82, 2.24) is 14.7 Å². The first-order valence-electron chi connectivity index (χ1n) is 9.64. The summed E-state index contributed by atoms with van der Waals surface area (Å²) in [5, 5.41) is 9.79. The van der Waals surface area contributed by atoms with Crippen LogP contribution in [0.4, 0.5) is 5.69 Å². The highest BCUT2D eigenvalue weighted by molar-refractivity contribution is 5.95. The zero-order valence-corrected chi connectivity index (χ0v) is 16.1. The second kappa shape index (κ2) is 6.80. The molecule has 3 aliphatic heterocycles. The van der Waals surface area contributed by atoms with E-state index in [-0.39, 0.29) is 11.8 Å². The summed E-state index contributed by atoms with van der Waals surface area (Å²) in [6.07, 6.45) is 0. The lowest BCUT2D eigenvalue weighted by atomic mass is 9.81. The summed E-state index contributed by atoms with van der Waals surface area (Å²) in [7, 11) is 4.08. The van der Waals surface area contributed by atoms with Gasteiger partial charge in [-0.15, -0.1) is 0 Å². The van der Waals surface area contributed by atoms with Gasteiger partial charge >= 0.3 is 5.97 Å². The number of rotatable bonds is 3. The number of anilines is 1. The third-order valence-corrected chi connectivity index (χ3v) is 6.48. The average Bonchev–Trinajstić information content (AvgIpc) is 3.16. The molecule has 27 heavy (non-hydrogen) atoms. The summed E-state index contributed by atoms with van der Waals surface area (Å²) in [5.74, 6) is -0.830. The van der Waals surface area contributed by atoms with Gasteiger partial charge < -0.3 is 24.7 Å². The number of amides is 1. The highest BCUT2D eigenvalue weighted by Gasteiger charge is 2.57. The third kappa shape index (κ3) is 3.19. The number of carboxylic acids is 1. The molecule has 0 radical (unpaired) electrons. The van der Waals surface area contributed by atoms with Crippen molar-refractivity contribution in [2.45, 2.75) is 0 Å². The molecule has 4 rings (SSSR count). The lowest BCUT2D eigenvalue weighted by Crippen LogP contribution is -2.44. The maximum atomic E-state index is 13.0. The van der Waals surface area contributed by atoms with Gasteiger partial charge in [0.15, 0.2) is 0 Å². The Morgan fingerprint density at radius 3 is 2.22 bits per heavy atom. The molecule has 3 heterocycles. The number of likely N-dealkylation sites (tertiary alicyclic amines) is 2. The average molecular weight is 372 g/mol. The van der Waals surface area contributed by atoms with Crippen molar-refractivity contribution in [3.63, 3.8) is 0 Å².